The predicted octanol–water partition coefficient (Wildman–Crippen LogP) is 2.08. The van der Waals surface area contributed by atoms with Gasteiger partial charge in [0.2, 0.25) is 17.8 Å². The van der Waals surface area contributed by atoms with Gasteiger partial charge in [-0.15, -0.1) is 0 Å². The molecule has 158 valence electrons. The molecule has 4 N–H and O–H groups in total. The van der Waals surface area contributed by atoms with E-state index in [1.54, 1.807) is 0 Å². The van der Waals surface area contributed by atoms with Crippen LogP contribution in [0.4, 0.5) is 23.3 Å². The number of benzene rings is 1. The number of nitrogens with zero attached hydrogens (tertiary/aromatic N) is 3. The van der Waals surface area contributed by atoms with E-state index >= 15 is 0 Å². The van der Waals surface area contributed by atoms with Crippen LogP contribution in [0.3, 0.4) is 0 Å². The number of hydrogen-bond donors (Lipinski definition) is 3. The standard InChI is InChI=1S/C21H26N6O3/c1-12(2)13-3-5-14(6-4-13)23-20(29)15-11-16(28)24-19-17(15)18(22)25-21(26-19)27-7-9-30-10-8-27/h3-6,12,15H,7-11H2,1-2H3,(H,23,29)(H3,22,24,25,26,28). The molecule has 1 atom stereocenters. The van der Waals surface area contributed by atoms with Crippen LogP contribution in [0, 0.1) is 0 Å². The number of amides is 2. The highest BCUT2D eigenvalue weighted by Crippen LogP contribution is 2.36. The van der Waals surface area contributed by atoms with Gasteiger partial charge in [-0.3, -0.25) is 9.59 Å². The van der Waals surface area contributed by atoms with Crippen LogP contribution in [0.15, 0.2) is 24.3 Å². The highest BCUT2D eigenvalue weighted by Gasteiger charge is 2.35. The molecular formula is C21H26N6O3. The van der Waals surface area contributed by atoms with Crippen molar-refractivity contribution in [2.24, 2.45) is 0 Å². The third kappa shape index (κ3) is 4.06. The fourth-order valence-corrected chi connectivity index (χ4v) is 3.69. The van der Waals surface area contributed by atoms with Crippen LogP contribution in [-0.4, -0.2) is 48.1 Å². The topological polar surface area (TPSA) is 122 Å². The summed E-state index contributed by atoms with van der Waals surface area (Å²) in [4.78, 5) is 36.1. The number of ether oxygens (including phenoxy) is 1. The summed E-state index contributed by atoms with van der Waals surface area (Å²) in [7, 11) is 0. The highest BCUT2D eigenvalue weighted by molar-refractivity contribution is 6.05. The van der Waals surface area contributed by atoms with Gasteiger partial charge in [0.25, 0.3) is 0 Å². The van der Waals surface area contributed by atoms with Crippen molar-refractivity contribution in [1.82, 2.24) is 9.97 Å². The second-order valence-corrected chi connectivity index (χ2v) is 7.84. The van der Waals surface area contributed by atoms with E-state index in [4.69, 9.17) is 10.5 Å². The van der Waals surface area contributed by atoms with Crippen LogP contribution in [0.25, 0.3) is 0 Å². The zero-order valence-electron chi connectivity index (χ0n) is 17.1. The lowest BCUT2D eigenvalue weighted by molar-refractivity contribution is -0.123. The minimum atomic E-state index is -0.753. The molecule has 0 aliphatic carbocycles. The zero-order chi connectivity index (χ0) is 21.3. The molecule has 9 heteroatoms. The minimum absolute atomic E-state index is 0.00658. The first-order valence-electron chi connectivity index (χ1n) is 10.1. The number of anilines is 4. The van der Waals surface area contributed by atoms with E-state index in [2.05, 4.69) is 34.4 Å². The number of rotatable bonds is 4. The molecule has 1 aromatic heterocycles. The number of hydrogen-bond acceptors (Lipinski definition) is 7. The van der Waals surface area contributed by atoms with Gasteiger partial charge in [-0.2, -0.15) is 9.97 Å². The van der Waals surface area contributed by atoms with Crippen LogP contribution < -0.4 is 21.3 Å². The maximum Gasteiger partial charge on any atom is 0.232 e. The molecule has 1 unspecified atom stereocenters. The van der Waals surface area contributed by atoms with Crippen molar-refractivity contribution in [3.8, 4) is 0 Å². The SMILES string of the molecule is CC(C)c1ccc(NC(=O)C2CC(=O)Nc3nc(N4CCOCC4)nc(N)c32)cc1. The first kappa shape index (κ1) is 20.1. The smallest absolute Gasteiger partial charge is 0.232 e. The number of nitrogens with two attached hydrogens (primary N) is 1. The Balaban J connectivity index is 1.59. The third-order valence-electron chi connectivity index (χ3n) is 5.41. The lowest BCUT2D eigenvalue weighted by Gasteiger charge is -2.30. The van der Waals surface area contributed by atoms with E-state index in [9.17, 15) is 9.59 Å². The summed E-state index contributed by atoms with van der Waals surface area (Å²) in [5, 5.41) is 5.63. The number of morpholine rings is 1. The first-order chi connectivity index (χ1) is 14.4. The van der Waals surface area contributed by atoms with Gasteiger partial charge in [-0.25, -0.2) is 0 Å². The van der Waals surface area contributed by atoms with E-state index in [1.807, 2.05) is 29.2 Å². The third-order valence-corrected chi connectivity index (χ3v) is 5.41. The van der Waals surface area contributed by atoms with Crippen molar-refractivity contribution < 1.29 is 14.3 Å². The molecule has 2 aliphatic heterocycles. The number of nitrogens with one attached hydrogen (secondary N) is 2. The molecule has 1 fully saturated rings. The fourth-order valence-electron chi connectivity index (χ4n) is 3.69. The molecule has 1 saturated heterocycles. The van der Waals surface area contributed by atoms with Crippen LogP contribution in [0.2, 0.25) is 0 Å². The number of aromatic nitrogens is 2. The second kappa shape index (κ2) is 8.27. The molecule has 2 amide bonds. The summed E-state index contributed by atoms with van der Waals surface area (Å²) < 4.78 is 5.36. The van der Waals surface area contributed by atoms with Gasteiger partial charge in [0.05, 0.1) is 24.7 Å². The van der Waals surface area contributed by atoms with E-state index in [1.165, 1.54) is 5.56 Å². The zero-order valence-corrected chi connectivity index (χ0v) is 17.1. The maximum atomic E-state index is 13.0. The van der Waals surface area contributed by atoms with Gasteiger partial charge < -0.3 is 26.0 Å². The Bertz CT molecular complexity index is 954. The lowest BCUT2D eigenvalue weighted by atomic mass is 9.91. The average molecular weight is 410 g/mol. The summed E-state index contributed by atoms with van der Waals surface area (Å²) in [5.74, 6) is 0.00715. The second-order valence-electron chi connectivity index (χ2n) is 7.84. The summed E-state index contributed by atoms with van der Waals surface area (Å²) in [6.07, 6.45) is -0.00658. The predicted molar refractivity (Wildman–Crippen MR) is 115 cm³/mol. The number of nitrogen functional groups attached to an aromatic ring is 1. The normalized spacial score (nSPS) is 18.7. The summed E-state index contributed by atoms with van der Waals surface area (Å²) >= 11 is 0. The van der Waals surface area contributed by atoms with E-state index in [-0.39, 0.29) is 24.1 Å². The Hall–Kier alpha value is -3.20. The van der Waals surface area contributed by atoms with Crippen molar-refractivity contribution >= 4 is 35.1 Å². The number of carbonyl (C=O) groups excluding carboxylic acids is 2. The van der Waals surface area contributed by atoms with Gasteiger partial charge in [0.15, 0.2) is 0 Å². The summed E-state index contributed by atoms with van der Waals surface area (Å²) in [6.45, 7) is 6.66. The Morgan fingerprint density at radius 1 is 1.23 bits per heavy atom. The lowest BCUT2D eigenvalue weighted by Crippen LogP contribution is -2.38. The monoisotopic (exact) mass is 410 g/mol. The number of fused-ring (bicyclic) bond motifs is 1. The van der Waals surface area contributed by atoms with Crippen molar-refractivity contribution in [2.45, 2.75) is 32.1 Å². The highest BCUT2D eigenvalue weighted by atomic mass is 16.5. The van der Waals surface area contributed by atoms with Gasteiger partial charge in [-0.05, 0) is 23.6 Å². The van der Waals surface area contributed by atoms with Gasteiger partial charge in [0, 0.05) is 25.2 Å². The summed E-state index contributed by atoms with van der Waals surface area (Å²) in [6, 6.07) is 7.68. The Morgan fingerprint density at radius 3 is 2.60 bits per heavy atom. The fraction of sp³-hybridized carbons (Fsp3) is 0.429. The molecule has 9 nitrogen and oxygen atoms in total. The Kier molecular flexibility index (Phi) is 5.54. The molecular weight excluding hydrogens is 384 g/mol. The molecule has 4 rings (SSSR count). The molecule has 2 aliphatic rings. The maximum absolute atomic E-state index is 13.0. The minimum Gasteiger partial charge on any atom is -0.383 e. The Labute approximate surface area is 175 Å². The molecule has 2 aromatic rings. The van der Waals surface area contributed by atoms with Crippen LogP contribution in [0.5, 0.6) is 0 Å². The molecule has 0 spiro atoms. The van der Waals surface area contributed by atoms with Crippen molar-refractivity contribution in [1.29, 1.82) is 0 Å². The van der Waals surface area contributed by atoms with Crippen molar-refractivity contribution in [3.63, 3.8) is 0 Å². The van der Waals surface area contributed by atoms with Crippen LogP contribution in [-0.2, 0) is 14.3 Å². The molecule has 30 heavy (non-hydrogen) atoms. The Morgan fingerprint density at radius 2 is 1.93 bits per heavy atom. The van der Waals surface area contributed by atoms with Gasteiger partial charge >= 0.3 is 0 Å². The molecule has 1 aromatic carbocycles. The van der Waals surface area contributed by atoms with Crippen molar-refractivity contribution in [2.75, 3.05) is 47.6 Å². The van der Waals surface area contributed by atoms with Gasteiger partial charge in [-0.1, -0.05) is 26.0 Å². The molecule has 0 saturated carbocycles. The van der Waals surface area contributed by atoms with E-state index < -0.39 is 5.92 Å². The molecule has 3 heterocycles. The van der Waals surface area contributed by atoms with Crippen LogP contribution >= 0.6 is 0 Å². The van der Waals surface area contributed by atoms with Crippen molar-refractivity contribution in [3.05, 3.63) is 35.4 Å². The average Bonchev–Trinajstić information content (AvgIpc) is 2.73. The van der Waals surface area contributed by atoms with E-state index in [0.29, 0.717) is 55.2 Å². The molecule has 0 radical (unpaired) electrons. The molecule has 0 bridgehead atoms. The number of carbonyl (C=O) groups is 2. The largest absolute Gasteiger partial charge is 0.383 e. The first-order valence-corrected chi connectivity index (χ1v) is 10.1. The quantitative estimate of drug-likeness (QED) is 0.705. The summed E-state index contributed by atoms with van der Waals surface area (Å²) in [5.41, 5.74) is 8.54. The van der Waals surface area contributed by atoms with Crippen LogP contribution in [0.1, 0.15) is 43.2 Å². The van der Waals surface area contributed by atoms with Gasteiger partial charge in [0.1, 0.15) is 11.6 Å². The van der Waals surface area contributed by atoms with E-state index in [0.717, 1.165) is 0 Å².